The van der Waals surface area contributed by atoms with E-state index >= 15 is 0 Å². The minimum atomic E-state index is -4.40. The molecule has 1 fully saturated rings. The van der Waals surface area contributed by atoms with E-state index in [-0.39, 0.29) is 6.04 Å². The van der Waals surface area contributed by atoms with E-state index in [0.29, 0.717) is 0 Å². The standard InChI is InChI=1S/C18H18F3N5S/c19-18(20,21)15-8-11-26(24-15)14-6-9-25(10-7-14)17-23-22-16(27-17)12-13-4-2-1-3-5-13/h1-5,8,11,14H,6-7,9-10,12H2. The third kappa shape index (κ3) is 4.13. The lowest BCUT2D eigenvalue weighted by Gasteiger charge is -2.31. The number of hydrogen-bond acceptors (Lipinski definition) is 5. The number of benzene rings is 1. The van der Waals surface area contributed by atoms with Gasteiger partial charge >= 0.3 is 6.18 Å². The Morgan fingerprint density at radius 2 is 1.78 bits per heavy atom. The molecule has 1 saturated heterocycles. The van der Waals surface area contributed by atoms with Gasteiger partial charge in [-0.2, -0.15) is 18.3 Å². The molecule has 4 rings (SSSR count). The summed E-state index contributed by atoms with van der Waals surface area (Å²) in [6, 6.07) is 11.1. The van der Waals surface area contributed by atoms with Crippen LogP contribution in [0.1, 0.15) is 35.1 Å². The van der Waals surface area contributed by atoms with Gasteiger partial charge in [0.1, 0.15) is 5.01 Å². The molecule has 3 heterocycles. The van der Waals surface area contributed by atoms with Crippen molar-refractivity contribution in [2.24, 2.45) is 0 Å². The topological polar surface area (TPSA) is 46.8 Å². The maximum absolute atomic E-state index is 12.7. The molecule has 2 aromatic heterocycles. The summed E-state index contributed by atoms with van der Waals surface area (Å²) >= 11 is 1.57. The Balaban J connectivity index is 1.36. The SMILES string of the molecule is FC(F)(F)c1ccn(C2CCN(c3nnc(Cc4ccccc4)s3)CC2)n1. The van der Waals surface area contributed by atoms with Crippen molar-refractivity contribution in [1.29, 1.82) is 0 Å². The van der Waals surface area contributed by atoms with Crippen LogP contribution in [0, 0.1) is 0 Å². The van der Waals surface area contributed by atoms with Crippen LogP contribution in [-0.4, -0.2) is 33.1 Å². The van der Waals surface area contributed by atoms with E-state index in [2.05, 4.69) is 32.3 Å². The van der Waals surface area contributed by atoms with Crippen LogP contribution in [0.5, 0.6) is 0 Å². The van der Waals surface area contributed by atoms with E-state index in [1.165, 1.54) is 16.4 Å². The van der Waals surface area contributed by atoms with Gasteiger partial charge < -0.3 is 4.90 Å². The van der Waals surface area contributed by atoms with Crippen LogP contribution in [0.15, 0.2) is 42.6 Å². The molecule has 5 nitrogen and oxygen atoms in total. The van der Waals surface area contributed by atoms with Crippen molar-refractivity contribution in [3.63, 3.8) is 0 Å². The van der Waals surface area contributed by atoms with Crippen molar-refractivity contribution in [2.45, 2.75) is 31.5 Å². The smallest absolute Gasteiger partial charge is 0.347 e. The summed E-state index contributed by atoms with van der Waals surface area (Å²) in [4.78, 5) is 2.15. The average Bonchev–Trinajstić information content (AvgIpc) is 3.32. The van der Waals surface area contributed by atoms with Gasteiger partial charge in [-0.05, 0) is 24.5 Å². The number of piperidine rings is 1. The highest BCUT2D eigenvalue weighted by molar-refractivity contribution is 7.15. The molecule has 0 spiro atoms. The van der Waals surface area contributed by atoms with Crippen molar-refractivity contribution in [3.05, 3.63) is 58.9 Å². The van der Waals surface area contributed by atoms with Gasteiger partial charge in [-0.15, -0.1) is 10.2 Å². The lowest BCUT2D eigenvalue weighted by atomic mass is 10.1. The molecule has 142 valence electrons. The number of rotatable bonds is 4. The Labute approximate surface area is 158 Å². The zero-order chi connectivity index (χ0) is 18.9. The Kier molecular flexibility index (Phi) is 4.86. The van der Waals surface area contributed by atoms with Crippen LogP contribution in [0.4, 0.5) is 18.3 Å². The second kappa shape index (κ2) is 7.30. The number of nitrogens with zero attached hydrogens (tertiary/aromatic N) is 5. The molecule has 0 bridgehead atoms. The number of aromatic nitrogens is 4. The average molecular weight is 393 g/mol. The third-order valence-electron chi connectivity index (χ3n) is 4.66. The quantitative estimate of drug-likeness (QED) is 0.667. The van der Waals surface area contributed by atoms with Crippen molar-refractivity contribution in [1.82, 2.24) is 20.0 Å². The van der Waals surface area contributed by atoms with Crippen LogP contribution >= 0.6 is 11.3 Å². The fourth-order valence-corrected chi connectivity index (χ4v) is 4.15. The summed E-state index contributed by atoms with van der Waals surface area (Å²) < 4.78 is 39.6. The number of hydrogen-bond donors (Lipinski definition) is 0. The molecule has 0 saturated carbocycles. The molecular weight excluding hydrogens is 375 g/mol. The first-order valence-electron chi connectivity index (χ1n) is 8.72. The van der Waals surface area contributed by atoms with E-state index in [1.54, 1.807) is 11.3 Å². The van der Waals surface area contributed by atoms with Crippen molar-refractivity contribution in [2.75, 3.05) is 18.0 Å². The van der Waals surface area contributed by atoms with E-state index in [9.17, 15) is 13.2 Å². The normalized spacial score (nSPS) is 16.0. The van der Waals surface area contributed by atoms with E-state index < -0.39 is 11.9 Å². The first kappa shape index (κ1) is 18.0. The van der Waals surface area contributed by atoms with Gasteiger partial charge in [-0.25, -0.2) is 0 Å². The van der Waals surface area contributed by atoms with Gasteiger partial charge in [-0.1, -0.05) is 41.7 Å². The number of alkyl halides is 3. The highest BCUT2D eigenvalue weighted by Crippen LogP contribution is 2.31. The minimum absolute atomic E-state index is 0.0194. The molecule has 1 aliphatic heterocycles. The summed E-state index contributed by atoms with van der Waals surface area (Å²) in [7, 11) is 0. The molecule has 3 aromatic rings. The van der Waals surface area contributed by atoms with Crippen molar-refractivity contribution < 1.29 is 13.2 Å². The van der Waals surface area contributed by atoms with Gasteiger partial charge in [0.05, 0.1) is 6.04 Å². The van der Waals surface area contributed by atoms with Crippen LogP contribution in [0.3, 0.4) is 0 Å². The van der Waals surface area contributed by atoms with Gasteiger partial charge in [0.25, 0.3) is 0 Å². The maximum Gasteiger partial charge on any atom is 0.435 e. The second-order valence-corrected chi connectivity index (χ2v) is 7.58. The molecule has 0 radical (unpaired) electrons. The fraction of sp³-hybridized carbons (Fsp3) is 0.389. The predicted molar refractivity (Wildman–Crippen MR) is 96.9 cm³/mol. The van der Waals surface area contributed by atoms with Gasteiger partial charge in [0, 0.05) is 25.7 Å². The number of halogens is 3. The van der Waals surface area contributed by atoms with E-state index in [4.69, 9.17) is 0 Å². The predicted octanol–water partition coefficient (Wildman–Crippen LogP) is 4.19. The highest BCUT2D eigenvalue weighted by atomic mass is 32.1. The lowest BCUT2D eigenvalue weighted by molar-refractivity contribution is -0.141. The second-order valence-electron chi connectivity index (χ2n) is 6.54. The minimum Gasteiger partial charge on any atom is -0.347 e. The van der Waals surface area contributed by atoms with Gasteiger partial charge in [0.2, 0.25) is 5.13 Å². The first-order valence-corrected chi connectivity index (χ1v) is 9.54. The third-order valence-corrected chi connectivity index (χ3v) is 5.65. The molecule has 9 heteroatoms. The van der Waals surface area contributed by atoms with Crippen molar-refractivity contribution in [3.8, 4) is 0 Å². The monoisotopic (exact) mass is 393 g/mol. The number of anilines is 1. The van der Waals surface area contributed by atoms with Gasteiger partial charge in [-0.3, -0.25) is 4.68 Å². The van der Waals surface area contributed by atoms with E-state index in [0.717, 1.165) is 48.6 Å². The summed E-state index contributed by atoms with van der Waals surface area (Å²) in [5.74, 6) is 0. The summed E-state index contributed by atoms with van der Waals surface area (Å²) in [5, 5.41) is 14.1. The van der Waals surface area contributed by atoms with Crippen LogP contribution < -0.4 is 4.90 Å². The fourth-order valence-electron chi connectivity index (χ4n) is 3.23. The summed E-state index contributed by atoms with van der Waals surface area (Å²) in [6.45, 7) is 1.46. The molecule has 27 heavy (non-hydrogen) atoms. The molecule has 1 aromatic carbocycles. The van der Waals surface area contributed by atoms with Crippen molar-refractivity contribution >= 4 is 16.5 Å². The summed E-state index contributed by atoms with van der Waals surface area (Å²) in [5.41, 5.74) is 0.359. The Bertz CT molecular complexity index is 882. The maximum atomic E-state index is 12.7. The molecular formula is C18H18F3N5S. The molecule has 0 N–H and O–H groups in total. The van der Waals surface area contributed by atoms with Gasteiger partial charge in [0.15, 0.2) is 5.69 Å². The van der Waals surface area contributed by atoms with Crippen LogP contribution in [0.25, 0.3) is 0 Å². The first-order chi connectivity index (χ1) is 13.0. The van der Waals surface area contributed by atoms with Crippen LogP contribution in [-0.2, 0) is 12.6 Å². The summed E-state index contributed by atoms with van der Waals surface area (Å²) in [6.07, 6.45) is -0.763. The largest absolute Gasteiger partial charge is 0.435 e. The molecule has 0 unspecified atom stereocenters. The Morgan fingerprint density at radius 3 is 2.44 bits per heavy atom. The lowest BCUT2D eigenvalue weighted by Crippen LogP contribution is -2.34. The highest BCUT2D eigenvalue weighted by Gasteiger charge is 2.34. The Morgan fingerprint density at radius 1 is 1.04 bits per heavy atom. The van der Waals surface area contributed by atoms with Crippen LogP contribution in [0.2, 0.25) is 0 Å². The molecule has 0 aliphatic carbocycles. The Hall–Kier alpha value is -2.42. The van der Waals surface area contributed by atoms with E-state index in [1.807, 2.05) is 18.2 Å². The molecule has 0 atom stereocenters. The zero-order valence-electron chi connectivity index (χ0n) is 14.4. The zero-order valence-corrected chi connectivity index (χ0v) is 15.2. The molecule has 0 amide bonds. The molecule has 1 aliphatic rings.